The normalized spacial score (nSPS) is 26.1. The number of rotatable bonds is 7. The predicted molar refractivity (Wildman–Crippen MR) is 90.3 cm³/mol. The molecule has 1 aliphatic rings. The summed E-state index contributed by atoms with van der Waals surface area (Å²) in [5.41, 5.74) is 1.00. The minimum Gasteiger partial charge on any atom is -0.388 e. The van der Waals surface area contributed by atoms with Crippen LogP contribution in [0, 0.1) is 12.3 Å². The van der Waals surface area contributed by atoms with Gasteiger partial charge >= 0.3 is 0 Å². The Hall–Kier alpha value is -1.62. The van der Waals surface area contributed by atoms with E-state index in [1.54, 1.807) is 6.07 Å². The third-order valence-corrected chi connectivity index (χ3v) is 4.03. The Balaban J connectivity index is 1.79. The van der Waals surface area contributed by atoms with Gasteiger partial charge in [-0.05, 0) is 17.7 Å². The van der Waals surface area contributed by atoms with Gasteiger partial charge in [0.15, 0.2) is 0 Å². The van der Waals surface area contributed by atoms with Crippen molar-refractivity contribution in [2.75, 3.05) is 13.1 Å². The molecule has 1 heterocycles. The number of carbonyl (C=O) groups is 1. The van der Waals surface area contributed by atoms with Crippen LogP contribution in [0.15, 0.2) is 24.3 Å². The summed E-state index contributed by atoms with van der Waals surface area (Å²) >= 11 is 5.92. The maximum Gasteiger partial charge on any atom is 0.223 e. The summed E-state index contributed by atoms with van der Waals surface area (Å²) in [6.07, 6.45) is 1.50. The summed E-state index contributed by atoms with van der Waals surface area (Å²) in [6, 6.07) is 7.42. The average Bonchev–Trinajstić information content (AvgIpc) is 2.81. The van der Waals surface area contributed by atoms with Crippen molar-refractivity contribution in [1.29, 1.82) is 0 Å². The Kier molecular flexibility index (Phi) is 7.03. The highest BCUT2D eigenvalue weighted by Crippen LogP contribution is 2.23. The molecule has 130 valence electrons. The second-order valence-electron chi connectivity index (χ2n) is 5.64. The van der Waals surface area contributed by atoms with Gasteiger partial charge in [0.1, 0.15) is 12.2 Å². The molecular weight excluding hydrogens is 332 g/mol. The Morgan fingerprint density at radius 3 is 2.79 bits per heavy atom. The van der Waals surface area contributed by atoms with E-state index < -0.39 is 24.4 Å². The van der Waals surface area contributed by atoms with Crippen molar-refractivity contribution in [3.8, 4) is 12.3 Å². The van der Waals surface area contributed by atoms with E-state index in [2.05, 4.69) is 16.6 Å². The van der Waals surface area contributed by atoms with Crippen molar-refractivity contribution in [3.05, 3.63) is 34.9 Å². The van der Waals surface area contributed by atoms with Gasteiger partial charge in [0.05, 0.1) is 25.2 Å². The number of halogens is 1. The van der Waals surface area contributed by atoms with Crippen LogP contribution in [-0.4, -0.2) is 53.6 Å². The summed E-state index contributed by atoms with van der Waals surface area (Å²) < 4.78 is 5.60. The van der Waals surface area contributed by atoms with Gasteiger partial charge in [-0.2, -0.15) is 0 Å². The number of aliphatic hydroxyl groups is 2. The molecule has 1 aromatic carbocycles. The number of hydrogen-bond acceptors (Lipinski definition) is 5. The maximum absolute atomic E-state index is 11.6. The minimum absolute atomic E-state index is 0.0509. The first-order valence-corrected chi connectivity index (χ1v) is 8.06. The van der Waals surface area contributed by atoms with E-state index in [1.165, 1.54) is 0 Å². The lowest BCUT2D eigenvalue weighted by Gasteiger charge is -2.15. The van der Waals surface area contributed by atoms with Gasteiger partial charge in [0, 0.05) is 18.1 Å². The first-order valence-electron chi connectivity index (χ1n) is 7.68. The zero-order valence-electron chi connectivity index (χ0n) is 13.1. The third kappa shape index (κ3) is 5.20. The lowest BCUT2D eigenvalue weighted by Crippen LogP contribution is -2.38. The van der Waals surface area contributed by atoms with Crippen LogP contribution < -0.4 is 10.6 Å². The van der Waals surface area contributed by atoms with Crippen molar-refractivity contribution >= 4 is 17.5 Å². The number of terminal acetylenes is 1. The quantitative estimate of drug-likeness (QED) is 0.521. The van der Waals surface area contributed by atoms with Crippen molar-refractivity contribution in [3.63, 3.8) is 0 Å². The largest absolute Gasteiger partial charge is 0.388 e. The number of carbonyl (C=O) groups excluding carboxylic acids is 1. The lowest BCUT2D eigenvalue weighted by atomic mass is 10.1. The number of aliphatic hydroxyl groups excluding tert-OH is 2. The van der Waals surface area contributed by atoms with E-state index >= 15 is 0 Å². The number of nitrogens with one attached hydrogen (secondary N) is 2. The van der Waals surface area contributed by atoms with Gasteiger partial charge in [0.2, 0.25) is 5.91 Å². The molecule has 2 rings (SSSR count). The fourth-order valence-corrected chi connectivity index (χ4v) is 2.79. The fraction of sp³-hybridized carbons (Fsp3) is 0.471. The monoisotopic (exact) mass is 352 g/mol. The smallest absolute Gasteiger partial charge is 0.223 e. The minimum atomic E-state index is -1.11. The molecule has 0 bridgehead atoms. The topological polar surface area (TPSA) is 90.8 Å². The third-order valence-electron chi connectivity index (χ3n) is 3.80. The van der Waals surface area contributed by atoms with Gasteiger partial charge < -0.3 is 25.6 Å². The van der Waals surface area contributed by atoms with Crippen LogP contribution in [0.2, 0.25) is 5.02 Å². The van der Waals surface area contributed by atoms with E-state index in [1.807, 2.05) is 18.2 Å². The first-order chi connectivity index (χ1) is 11.5. The molecule has 7 heteroatoms. The molecule has 1 aliphatic heterocycles. The summed E-state index contributed by atoms with van der Waals surface area (Å²) in [6.45, 7) is 1.01. The Bertz CT molecular complexity index is 604. The Labute approximate surface area is 146 Å². The molecule has 1 fully saturated rings. The molecule has 4 N–H and O–H groups in total. The summed E-state index contributed by atoms with van der Waals surface area (Å²) in [5.74, 6) is 1.97. The van der Waals surface area contributed by atoms with Crippen LogP contribution in [-0.2, 0) is 16.1 Å². The van der Waals surface area contributed by atoms with E-state index in [9.17, 15) is 15.0 Å². The lowest BCUT2D eigenvalue weighted by molar-refractivity contribution is -0.124. The number of ether oxygens (including phenoxy) is 1. The molecule has 0 aromatic heterocycles. The molecule has 1 saturated heterocycles. The highest BCUT2D eigenvalue weighted by Gasteiger charge is 2.42. The standard InChI is InChI=1S/C17H21ClN2O4/c1-2-6-20-15(21)8-13-16(22)17(23)14(24-13)10-19-9-11-4-3-5-12(18)7-11/h1,3-5,7,13-14,16-17,19,22-23H,6,8-10H2,(H,20,21). The van der Waals surface area contributed by atoms with Crippen LogP contribution in [0.5, 0.6) is 0 Å². The second-order valence-corrected chi connectivity index (χ2v) is 6.08. The van der Waals surface area contributed by atoms with Gasteiger partial charge in [0.25, 0.3) is 0 Å². The molecule has 0 radical (unpaired) electrons. The van der Waals surface area contributed by atoms with Crippen molar-refractivity contribution in [1.82, 2.24) is 10.6 Å². The van der Waals surface area contributed by atoms with Crippen LogP contribution >= 0.6 is 11.6 Å². The highest BCUT2D eigenvalue weighted by atomic mass is 35.5. The van der Waals surface area contributed by atoms with E-state index in [0.717, 1.165) is 5.56 Å². The summed E-state index contributed by atoms with van der Waals surface area (Å²) in [7, 11) is 0. The maximum atomic E-state index is 11.6. The SMILES string of the molecule is C#CCNC(=O)CC1OC(CNCc2cccc(Cl)c2)C(O)C1O. The fourth-order valence-electron chi connectivity index (χ4n) is 2.57. The van der Waals surface area contributed by atoms with E-state index in [0.29, 0.717) is 18.1 Å². The molecule has 4 atom stereocenters. The zero-order chi connectivity index (χ0) is 17.5. The molecule has 24 heavy (non-hydrogen) atoms. The van der Waals surface area contributed by atoms with Crippen molar-refractivity contribution in [2.45, 2.75) is 37.4 Å². The zero-order valence-corrected chi connectivity index (χ0v) is 13.9. The molecule has 0 spiro atoms. The summed E-state index contributed by atoms with van der Waals surface area (Å²) in [4.78, 5) is 11.6. The van der Waals surface area contributed by atoms with Crippen LogP contribution in [0.1, 0.15) is 12.0 Å². The highest BCUT2D eigenvalue weighted by molar-refractivity contribution is 6.30. The predicted octanol–water partition coefficient (Wildman–Crippen LogP) is 0.0583. The van der Waals surface area contributed by atoms with Crippen LogP contribution in [0.25, 0.3) is 0 Å². The molecule has 6 nitrogen and oxygen atoms in total. The van der Waals surface area contributed by atoms with Crippen molar-refractivity contribution < 1.29 is 19.7 Å². The number of hydrogen-bond donors (Lipinski definition) is 4. The molecule has 4 unspecified atom stereocenters. The van der Waals surface area contributed by atoms with Crippen LogP contribution in [0.4, 0.5) is 0 Å². The first kappa shape index (κ1) is 18.7. The van der Waals surface area contributed by atoms with Crippen molar-refractivity contribution in [2.24, 2.45) is 0 Å². The number of benzene rings is 1. The molecule has 0 saturated carbocycles. The van der Waals surface area contributed by atoms with Gasteiger partial charge in [-0.3, -0.25) is 4.79 Å². The van der Waals surface area contributed by atoms with Crippen LogP contribution in [0.3, 0.4) is 0 Å². The molecule has 0 aliphatic carbocycles. The molecule has 1 amide bonds. The molecule has 1 aromatic rings. The Morgan fingerprint density at radius 2 is 2.08 bits per heavy atom. The average molecular weight is 353 g/mol. The number of amides is 1. The Morgan fingerprint density at radius 1 is 1.33 bits per heavy atom. The van der Waals surface area contributed by atoms with Gasteiger partial charge in [-0.15, -0.1) is 6.42 Å². The second kappa shape index (κ2) is 9.02. The van der Waals surface area contributed by atoms with E-state index in [-0.39, 0.29) is 18.9 Å². The van der Waals surface area contributed by atoms with Gasteiger partial charge in [-0.1, -0.05) is 29.7 Å². The summed E-state index contributed by atoms with van der Waals surface area (Å²) in [5, 5.41) is 26.4. The van der Waals surface area contributed by atoms with Gasteiger partial charge in [-0.25, -0.2) is 0 Å². The molecular formula is C17H21ClN2O4. The van der Waals surface area contributed by atoms with E-state index in [4.69, 9.17) is 22.8 Å².